The molecule has 21 heavy (non-hydrogen) atoms. The number of terminal acetylenes is 1. The van der Waals surface area contributed by atoms with Crippen LogP contribution in [0.3, 0.4) is 0 Å². The number of carbonyl (C=O) groups excluding carboxylic acids is 1. The summed E-state index contributed by atoms with van der Waals surface area (Å²) in [4.78, 5) is 21.9. The van der Waals surface area contributed by atoms with Crippen LogP contribution in [0.4, 0.5) is 11.4 Å². The fraction of sp³-hybridized carbons (Fsp3) is 0.308. The number of hydrogen-bond donors (Lipinski definition) is 2. The van der Waals surface area contributed by atoms with Crippen molar-refractivity contribution >= 4 is 17.3 Å². The number of ether oxygens (including phenoxy) is 2. The van der Waals surface area contributed by atoms with E-state index in [2.05, 4.69) is 16.6 Å². The highest BCUT2D eigenvalue weighted by atomic mass is 16.6. The molecule has 0 atom stereocenters. The Kier molecular flexibility index (Phi) is 5.82. The molecular weight excluding hydrogens is 278 g/mol. The first-order valence-electron chi connectivity index (χ1n) is 5.88. The van der Waals surface area contributed by atoms with Crippen molar-refractivity contribution in [2.24, 2.45) is 0 Å². The third-order valence-corrected chi connectivity index (χ3v) is 2.53. The molecular formula is C13H15N3O5. The van der Waals surface area contributed by atoms with Crippen molar-refractivity contribution in [2.75, 3.05) is 32.6 Å². The Balaban J connectivity index is 2.96. The molecule has 2 N–H and O–H groups in total. The van der Waals surface area contributed by atoms with E-state index >= 15 is 0 Å². The van der Waals surface area contributed by atoms with Gasteiger partial charge < -0.3 is 20.1 Å². The number of rotatable bonds is 7. The van der Waals surface area contributed by atoms with E-state index in [4.69, 9.17) is 15.9 Å². The summed E-state index contributed by atoms with van der Waals surface area (Å²) in [6.07, 6.45) is 5.01. The lowest BCUT2D eigenvalue weighted by molar-refractivity contribution is -0.384. The van der Waals surface area contributed by atoms with Crippen LogP contribution >= 0.6 is 0 Å². The molecule has 8 nitrogen and oxygen atoms in total. The van der Waals surface area contributed by atoms with Crippen LogP contribution in [0.25, 0.3) is 0 Å². The third-order valence-electron chi connectivity index (χ3n) is 2.53. The van der Waals surface area contributed by atoms with E-state index in [0.29, 0.717) is 5.75 Å². The number of carbonyl (C=O) groups is 1. The maximum atomic E-state index is 11.4. The molecule has 1 aromatic carbocycles. The summed E-state index contributed by atoms with van der Waals surface area (Å²) < 4.78 is 10.1. The Morgan fingerprint density at radius 3 is 2.52 bits per heavy atom. The van der Waals surface area contributed by atoms with Gasteiger partial charge in [-0.1, -0.05) is 5.92 Å². The molecule has 0 aromatic heterocycles. The van der Waals surface area contributed by atoms with Crippen LogP contribution in [0.2, 0.25) is 0 Å². The lowest BCUT2D eigenvalue weighted by Gasteiger charge is -2.11. The van der Waals surface area contributed by atoms with E-state index in [9.17, 15) is 14.9 Å². The van der Waals surface area contributed by atoms with Gasteiger partial charge in [0.15, 0.2) is 11.5 Å². The first kappa shape index (κ1) is 16.1. The zero-order valence-corrected chi connectivity index (χ0v) is 11.6. The summed E-state index contributed by atoms with van der Waals surface area (Å²) in [6.45, 7) is -0.0630. The molecule has 0 spiro atoms. The highest BCUT2D eigenvalue weighted by Crippen LogP contribution is 2.37. The fourth-order valence-corrected chi connectivity index (χ4v) is 1.55. The topological polar surface area (TPSA) is 103 Å². The van der Waals surface area contributed by atoms with Crippen molar-refractivity contribution in [3.05, 3.63) is 22.2 Å². The molecule has 0 aliphatic carbocycles. The standard InChI is InChI=1S/C13H15N3O5/c1-4-5-14-13(17)8-15-9-6-11(20-2)12(21-3)7-10(9)16(18)19/h1,6-7,15H,5,8H2,2-3H3,(H,14,17). The molecule has 0 heterocycles. The SMILES string of the molecule is C#CCNC(=O)CNc1cc(OC)c(OC)cc1[N+](=O)[O-]. The lowest BCUT2D eigenvalue weighted by atomic mass is 10.2. The average Bonchev–Trinajstić information content (AvgIpc) is 2.49. The first-order valence-corrected chi connectivity index (χ1v) is 5.88. The van der Waals surface area contributed by atoms with E-state index in [1.807, 2.05) is 0 Å². The maximum Gasteiger partial charge on any atom is 0.296 e. The van der Waals surface area contributed by atoms with Gasteiger partial charge in [0.25, 0.3) is 5.69 Å². The van der Waals surface area contributed by atoms with Gasteiger partial charge in [-0.25, -0.2) is 0 Å². The van der Waals surface area contributed by atoms with E-state index in [0.717, 1.165) is 0 Å². The first-order chi connectivity index (χ1) is 10.0. The van der Waals surface area contributed by atoms with Crippen molar-refractivity contribution in [1.29, 1.82) is 0 Å². The summed E-state index contributed by atoms with van der Waals surface area (Å²) in [5, 5.41) is 16.2. The quantitative estimate of drug-likeness (QED) is 0.437. The van der Waals surface area contributed by atoms with Crippen molar-refractivity contribution < 1.29 is 19.2 Å². The molecule has 0 bridgehead atoms. The second-order valence-electron chi connectivity index (χ2n) is 3.82. The van der Waals surface area contributed by atoms with Gasteiger partial charge in [0.1, 0.15) is 5.69 Å². The molecule has 0 radical (unpaired) electrons. The average molecular weight is 293 g/mol. The zero-order chi connectivity index (χ0) is 15.8. The second-order valence-corrected chi connectivity index (χ2v) is 3.82. The zero-order valence-electron chi connectivity index (χ0n) is 11.6. The predicted molar refractivity (Wildman–Crippen MR) is 76.5 cm³/mol. The van der Waals surface area contributed by atoms with Crippen molar-refractivity contribution in [2.45, 2.75) is 0 Å². The smallest absolute Gasteiger partial charge is 0.296 e. The fourth-order valence-electron chi connectivity index (χ4n) is 1.55. The number of nitrogens with zero attached hydrogens (tertiary/aromatic N) is 1. The number of nitrogens with one attached hydrogen (secondary N) is 2. The maximum absolute atomic E-state index is 11.4. The van der Waals surface area contributed by atoms with Crippen LogP contribution in [-0.2, 0) is 4.79 Å². The number of amides is 1. The van der Waals surface area contributed by atoms with Gasteiger partial charge in [-0.2, -0.15) is 0 Å². The highest BCUT2D eigenvalue weighted by Gasteiger charge is 2.19. The van der Waals surface area contributed by atoms with E-state index < -0.39 is 4.92 Å². The van der Waals surface area contributed by atoms with Gasteiger partial charge in [-0.3, -0.25) is 14.9 Å². The van der Waals surface area contributed by atoms with Gasteiger partial charge >= 0.3 is 0 Å². The van der Waals surface area contributed by atoms with Crippen LogP contribution in [-0.4, -0.2) is 38.1 Å². The number of hydrogen-bond acceptors (Lipinski definition) is 6. The number of methoxy groups -OCH3 is 2. The lowest BCUT2D eigenvalue weighted by Crippen LogP contribution is -2.30. The molecule has 1 amide bonds. The molecule has 8 heteroatoms. The highest BCUT2D eigenvalue weighted by molar-refractivity contribution is 5.82. The summed E-state index contributed by atoms with van der Waals surface area (Å²) >= 11 is 0. The molecule has 0 aliphatic rings. The number of nitro benzene ring substituents is 1. The Morgan fingerprint density at radius 2 is 2.00 bits per heavy atom. The van der Waals surface area contributed by atoms with E-state index in [-0.39, 0.29) is 36.1 Å². The van der Waals surface area contributed by atoms with Crippen LogP contribution in [0.15, 0.2) is 12.1 Å². The third kappa shape index (κ3) is 4.28. The Bertz CT molecular complexity index is 580. The molecule has 0 aliphatic heterocycles. The minimum atomic E-state index is -0.580. The van der Waals surface area contributed by atoms with Gasteiger partial charge in [-0.15, -0.1) is 6.42 Å². The van der Waals surface area contributed by atoms with Gasteiger partial charge in [-0.05, 0) is 0 Å². The summed E-state index contributed by atoms with van der Waals surface area (Å²) in [7, 11) is 2.79. The minimum Gasteiger partial charge on any atom is -0.493 e. The minimum absolute atomic E-state index is 0.0918. The van der Waals surface area contributed by atoms with Crippen LogP contribution in [0, 0.1) is 22.5 Å². The number of benzene rings is 1. The molecule has 112 valence electrons. The van der Waals surface area contributed by atoms with Crippen LogP contribution in [0.5, 0.6) is 11.5 Å². The normalized spacial score (nSPS) is 9.38. The number of nitro groups is 1. The van der Waals surface area contributed by atoms with Crippen molar-refractivity contribution in [1.82, 2.24) is 5.32 Å². The molecule has 0 unspecified atom stereocenters. The van der Waals surface area contributed by atoms with Crippen molar-refractivity contribution in [3.63, 3.8) is 0 Å². The number of anilines is 1. The van der Waals surface area contributed by atoms with E-state index in [1.54, 1.807) is 0 Å². The molecule has 1 aromatic rings. The molecule has 0 fully saturated rings. The molecule has 0 saturated carbocycles. The predicted octanol–water partition coefficient (Wildman–Crippen LogP) is 0.773. The van der Waals surface area contributed by atoms with Crippen molar-refractivity contribution in [3.8, 4) is 23.8 Å². The Labute approximate surface area is 121 Å². The van der Waals surface area contributed by atoms with Gasteiger partial charge in [0.2, 0.25) is 5.91 Å². The van der Waals surface area contributed by atoms with Gasteiger partial charge in [0.05, 0.1) is 38.3 Å². The summed E-state index contributed by atoms with van der Waals surface area (Å²) in [5.74, 6) is 2.42. The molecule has 1 rings (SSSR count). The Morgan fingerprint density at radius 1 is 1.38 bits per heavy atom. The largest absolute Gasteiger partial charge is 0.493 e. The second kappa shape index (κ2) is 7.59. The van der Waals surface area contributed by atoms with Crippen LogP contribution in [0.1, 0.15) is 0 Å². The summed E-state index contributed by atoms with van der Waals surface area (Å²) in [6, 6.07) is 2.62. The monoisotopic (exact) mass is 293 g/mol. The van der Waals surface area contributed by atoms with Gasteiger partial charge in [0, 0.05) is 6.07 Å². The van der Waals surface area contributed by atoms with E-state index in [1.165, 1.54) is 26.4 Å². The molecule has 0 saturated heterocycles. The summed E-state index contributed by atoms with van der Waals surface area (Å²) in [5.41, 5.74) is -0.0779. The Hall–Kier alpha value is -2.95. The van der Waals surface area contributed by atoms with Crippen LogP contribution < -0.4 is 20.1 Å².